The van der Waals surface area contributed by atoms with Gasteiger partial charge in [-0.25, -0.2) is 0 Å². The van der Waals surface area contributed by atoms with Crippen LogP contribution in [0.1, 0.15) is 74.3 Å². The fraction of sp³-hybridized carbons (Fsp3) is 0.537. The molecule has 3 aliphatic heterocycles. The van der Waals surface area contributed by atoms with E-state index in [2.05, 4.69) is 42.7 Å². The van der Waals surface area contributed by atoms with Crippen LogP contribution in [-0.4, -0.2) is 120 Å². The third-order valence-electron chi connectivity index (χ3n) is 11.1. The zero-order chi connectivity index (χ0) is 39.8. The maximum atomic E-state index is 13.6. The third kappa shape index (κ3) is 10.7. The first-order valence-electron chi connectivity index (χ1n) is 19.6. The summed E-state index contributed by atoms with van der Waals surface area (Å²) < 4.78 is 45.3. The van der Waals surface area contributed by atoms with Crippen molar-refractivity contribution >= 4 is 23.1 Å². The predicted molar refractivity (Wildman–Crippen MR) is 207 cm³/mol. The van der Waals surface area contributed by atoms with Crippen LogP contribution >= 0.6 is 0 Å². The average Bonchev–Trinajstić information content (AvgIpc) is 3.34. The second-order valence-electron chi connectivity index (χ2n) is 15.1. The Hall–Kier alpha value is -4.44. The number of piperidine rings is 1. The summed E-state index contributed by atoms with van der Waals surface area (Å²) in [5, 5.41) is 30.4. The van der Waals surface area contributed by atoms with E-state index < -0.39 is 24.6 Å². The molecule has 15 heteroatoms. The summed E-state index contributed by atoms with van der Waals surface area (Å²) in [4.78, 5) is 34.9. The standard InChI is InChI=1S/C41H54F3N7O5/c1-3-17-51(39(54)26-50-18-13-28(14-19-50)27-6-8-31(9-7-27)48-35-10-11-38(53)47-24-36(35)52)20-16-46-22-30-5-4-29(21-37(30)56-41(42,43)44)34-25-49(2)40(55)33-23-45-15-12-32(33)34/h4,6-9,12,15,21,23,25,28,30,35-36,40,46,48,52,55H,3,5,10-11,13-14,16-20,22,24,26H2,1-2H3,(H,47,53). The number of rotatable bonds is 14. The summed E-state index contributed by atoms with van der Waals surface area (Å²) in [6, 6.07) is 9.82. The lowest BCUT2D eigenvalue weighted by Crippen LogP contribution is -2.45. The van der Waals surface area contributed by atoms with Crippen molar-refractivity contribution < 1.29 is 37.7 Å². The summed E-state index contributed by atoms with van der Waals surface area (Å²) >= 11 is 0. The number of amides is 2. The molecule has 56 heavy (non-hydrogen) atoms. The predicted octanol–water partition coefficient (Wildman–Crippen LogP) is 4.48. The minimum absolute atomic E-state index is 0.0395. The molecule has 2 saturated heterocycles. The molecule has 12 nitrogen and oxygen atoms in total. The number of carbonyl (C=O) groups excluding carboxylic acids is 2. The van der Waals surface area contributed by atoms with Crippen LogP contribution in [0, 0.1) is 5.92 Å². The number of nitrogens with one attached hydrogen (secondary N) is 3. The zero-order valence-electron chi connectivity index (χ0n) is 32.1. The van der Waals surface area contributed by atoms with Gasteiger partial charge in [-0.2, -0.15) is 0 Å². The van der Waals surface area contributed by atoms with Crippen molar-refractivity contribution in [3.8, 4) is 0 Å². The molecule has 304 valence electrons. The maximum Gasteiger partial charge on any atom is 0.572 e. The first-order chi connectivity index (χ1) is 26.9. The average molecular weight is 782 g/mol. The number of anilines is 1. The number of aliphatic hydroxyl groups excluding tert-OH is 2. The van der Waals surface area contributed by atoms with Crippen molar-refractivity contribution in [3.05, 3.63) is 89.1 Å². The molecule has 1 aromatic carbocycles. The Bertz CT molecular complexity index is 1760. The Balaban J connectivity index is 0.968. The summed E-state index contributed by atoms with van der Waals surface area (Å²) in [5.41, 5.74) is 4.67. The quantitative estimate of drug-likeness (QED) is 0.174. The number of halogens is 3. The Morgan fingerprint density at radius 3 is 2.61 bits per heavy atom. The number of nitrogens with zero attached hydrogens (tertiary/aromatic N) is 4. The number of aromatic nitrogens is 1. The lowest BCUT2D eigenvalue weighted by Gasteiger charge is -2.33. The Morgan fingerprint density at radius 1 is 1.11 bits per heavy atom. The van der Waals surface area contributed by atoms with Gasteiger partial charge in [-0.3, -0.25) is 19.5 Å². The first kappa shape index (κ1) is 41.2. The lowest BCUT2D eigenvalue weighted by atomic mass is 9.86. The van der Waals surface area contributed by atoms with Crippen molar-refractivity contribution in [2.45, 2.75) is 76.1 Å². The van der Waals surface area contributed by atoms with Gasteiger partial charge in [0, 0.05) is 87.5 Å². The number of aliphatic hydroxyl groups is 2. The van der Waals surface area contributed by atoms with Crippen LogP contribution in [0.25, 0.3) is 5.57 Å². The van der Waals surface area contributed by atoms with Crippen LogP contribution in [0.15, 0.2) is 72.4 Å². The highest BCUT2D eigenvalue weighted by atomic mass is 19.4. The van der Waals surface area contributed by atoms with E-state index in [1.165, 1.54) is 11.6 Å². The number of allylic oxidation sites excluding steroid dienone is 4. The van der Waals surface area contributed by atoms with E-state index in [0.29, 0.717) is 73.6 Å². The first-order valence-corrected chi connectivity index (χ1v) is 19.6. The number of carbonyl (C=O) groups is 2. The van der Waals surface area contributed by atoms with E-state index in [9.17, 15) is 33.0 Å². The second-order valence-corrected chi connectivity index (χ2v) is 15.1. The largest absolute Gasteiger partial charge is 0.572 e. The number of alkyl halides is 3. The van der Waals surface area contributed by atoms with Gasteiger partial charge in [-0.15, -0.1) is 13.2 Å². The number of pyridine rings is 1. The SMILES string of the molecule is CCCN(CCNCC1CC=C(C2=CN(C)C(O)c3cnccc32)C=C1OC(F)(F)F)C(=O)CN1CCC(c2ccc(NC3CCC(=O)NCC3O)cc2)CC1. The topological polar surface area (TPSA) is 143 Å². The van der Waals surface area contributed by atoms with E-state index >= 15 is 0 Å². The van der Waals surface area contributed by atoms with Crippen molar-refractivity contribution in [1.29, 1.82) is 0 Å². The zero-order valence-corrected chi connectivity index (χ0v) is 32.1. The molecule has 4 heterocycles. The smallest absolute Gasteiger partial charge is 0.410 e. The normalized spacial score (nSPS) is 23.6. The molecule has 0 spiro atoms. The molecule has 1 aliphatic carbocycles. The fourth-order valence-electron chi connectivity index (χ4n) is 7.98. The lowest BCUT2D eigenvalue weighted by molar-refractivity contribution is -0.308. The molecule has 0 radical (unpaired) electrons. The monoisotopic (exact) mass is 781 g/mol. The number of likely N-dealkylation sites (tertiary alicyclic amines) is 1. The summed E-state index contributed by atoms with van der Waals surface area (Å²) in [6.07, 6.45) is 5.68. The van der Waals surface area contributed by atoms with Crippen molar-refractivity contribution in [2.24, 2.45) is 5.92 Å². The number of fused-ring (bicyclic) bond motifs is 1. The van der Waals surface area contributed by atoms with Gasteiger partial charge in [-0.05, 0) is 92.1 Å². The van der Waals surface area contributed by atoms with Crippen molar-refractivity contribution in [3.63, 3.8) is 0 Å². The highest BCUT2D eigenvalue weighted by molar-refractivity contribution is 5.84. The summed E-state index contributed by atoms with van der Waals surface area (Å²) in [6.45, 7) is 5.87. The molecule has 6 rings (SSSR count). The van der Waals surface area contributed by atoms with Gasteiger partial charge < -0.3 is 40.7 Å². The second kappa shape index (κ2) is 18.7. The molecule has 0 saturated carbocycles. The number of benzene rings is 1. The van der Waals surface area contributed by atoms with Gasteiger partial charge in [0.15, 0.2) is 6.23 Å². The van der Waals surface area contributed by atoms with Crippen LogP contribution in [0.4, 0.5) is 18.9 Å². The third-order valence-corrected chi connectivity index (χ3v) is 11.1. The Labute approximate surface area is 326 Å². The van der Waals surface area contributed by atoms with E-state index in [4.69, 9.17) is 0 Å². The molecule has 0 bridgehead atoms. The van der Waals surface area contributed by atoms with Gasteiger partial charge in [0.25, 0.3) is 0 Å². The highest BCUT2D eigenvalue weighted by Gasteiger charge is 2.36. The maximum absolute atomic E-state index is 13.6. The number of hydrogen-bond acceptors (Lipinski definition) is 10. The van der Waals surface area contributed by atoms with Crippen LogP contribution in [-0.2, 0) is 14.3 Å². The molecule has 2 fully saturated rings. The number of ether oxygens (including phenoxy) is 1. The van der Waals surface area contributed by atoms with Gasteiger partial charge in [-0.1, -0.05) is 25.1 Å². The fourth-order valence-corrected chi connectivity index (χ4v) is 7.98. The Kier molecular flexibility index (Phi) is 13.7. The molecule has 1 aromatic heterocycles. The van der Waals surface area contributed by atoms with E-state index in [-0.39, 0.29) is 36.7 Å². The van der Waals surface area contributed by atoms with Gasteiger partial charge >= 0.3 is 6.36 Å². The number of β-amino-alcohol motifs (C(OH)–C–C–N with tert-alkyl or cyclic N) is 1. The molecule has 2 amide bonds. The van der Waals surface area contributed by atoms with Gasteiger partial charge in [0.05, 0.1) is 18.7 Å². The van der Waals surface area contributed by atoms with E-state index in [0.717, 1.165) is 38.0 Å². The molecular formula is C41H54F3N7O5. The van der Waals surface area contributed by atoms with Gasteiger partial charge in [0.1, 0.15) is 5.76 Å². The van der Waals surface area contributed by atoms with Crippen LogP contribution in [0.2, 0.25) is 0 Å². The van der Waals surface area contributed by atoms with Crippen LogP contribution in [0.5, 0.6) is 0 Å². The van der Waals surface area contributed by atoms with Crippen LogP contribution in [0.3, 0.4) is 0 Å². The van der Waals surface area contributed by atoms with Gasteiger partial charge in [0.2, 0.25) is 11.8 Å². The minimum Gasteiger partial charge on any atom is -0.410 e. The van der Waals surface area contributed by atoms with Crippen LogP contribution < -0.4 is 16.0 Å². The molecule has 5 N–H and O–H groups in total. The van der Waals surface area contributed by atoms with E-state index in [1.807, 2.05) is 30.0 Å². The summed E-state index contributed by atoms with van der Waals surface area (Å²) in [7, 11) is 1.69. The number of hydrogen-bond donors (Lipinski definition) is 5. The molecule has 2 aromatic rings. The Morgan fingerprint density at radius 2 is 1.88 bits per heavy atom. The summed E-state index contributed by atoms with van der Waals surface area (Å²) in [5.74, 6) is -0.371. The minimum atomic E-state index is -4.86. The molecule has 4 aliphatic rings. The van der Waals surface area contributed by atoms with Crippen molar-refractivity contribution in [2.75, 3.05) is 64.7 Å². The van der Waals surface area contributed by atoms with E-state index in [1.54, 1.807) is 36.6 Å². The molecule has 4 atom stereocenters. The molecular weight excluding hydrogens is 727 g/mol. The highest BCUT2D eigenvalue weighted by Crippen LogP contribution is 2.40. The molecule has 4 unspecified atom stereocenters. The van der Waals surface area contributed by atoms with Crippen molar-refractivity contribution in [1.82, 2.24) is 30.3 Å².